The molecule has 3 aromatic rings. The molecule has 11 heteroatoms. The van der Waals surface area contributed by atoms with Crippen molar-refractivity contribution in [2.45, 2.75) is 63.5 Å². The van der Waals surface area contributed by atoms with E-state index in [9.17, 15) is 13.6 Å². The number of anilines is 1. The van der Waals surface area contributed by atoms with Gasteiger partial charge in [0.05, 0.1) is 11.6 Å². The third-order valence-electron chi connectivity index (χ3n) is 10.7. The maximum absolute atomic E-state index is 15.0. The normalized spacial score (nSPS) is 22.0. The first kappa shape index (κ1) is 32.9. The van der Waals surface area contributed by atoms with Gasteiger partial charge in [-0.15, -0.1) is 0 Å². The zero-order chi connectivity index (χ0) is 33.1. The number of carbonyl (C=O) groups is 1. The lowest BCUT2D eigenvalue weighted by Gasteiger charge is -2.51. The summed E-state index contributed by atoms with van der Waals surface area (Å²) in [5.41, 5.74) is 0.340. The maximum atomic E-state index is 15.0. The average molecular weight is 649 g/mol. The number of piperidine rings is 1. The lowest BCUT2D eigenvalue weighted by Crippen LogP contribution is -2.55. The van der Waals surface area contributed by atoms with Crippen molar-refractivity contribution in [3.63, 3.8) is 0 Å². The van der Waals surface area contributed by atoms with Gasteiger partial charge in [0.15, 0.2) is 11.6 Å². The zero-order valence-corrected chi connectivity index (χ0v) is 27.1. The molecule has 0 radical (unpaired) electrons. The van der Waals surface area contributed by atoms with Crippen molar-refractivity contribution in [3.8, 4) is 6.07 Å². The summed E-state index contributed by atoms with van der Waals surface area (Å²) in [7, 11) is 1.57. The van der Waals surface area contributed by atoms with Crippen LogP contribution in [0.25, 0.3) is 0 Å². The monoisotopic (exact) mass is 648 g/mol. The van der Waals surface area contributed by atoms with Gasteiger partial charge in [-0.3, -0.25) is 0 Å². The van der Waals surface area contributed by atoms with E-state index in [2.05, 4.69) is 26.7 Å². The number of aryl methyl sites for hydroxylation is 1. The third-order valence-corrected chi connectivity index (χ3v) is 10.7. The zero-order valence-electron chi connectivity index (χ0n) is 27.1. The van der Waals surface area contributed by atoms with Gasteiger partial charge in [0.1, 0.15) is 23.4 Å². The molecular formula is C36H43F3N6O2. The molecule has 8 nitrogen and oxygen atoms in total. The van der Waals surface area contributed by atoms with Crippen molar-refractivity contribution >= 4 is 11.8 Å². The molecule has 2 saturated heterocycles. The lowest BCUT2D eigenvalue weighted by atomic mass is 9.58. The van der Waals surface area contributed by atoms with E-state index in [1.165, 1.54) is 6.07 Å². The quantitative estimate of drug-likeness (QED) is 0.288. The molecule has 1 aliphatic carbocycles. The Morgan fingerprint density at radius 2 is 1.85 bits per heavy atom. The Kier molecular flexibility index (Phi) is 9.78. The molecule has 47 heavy (non-hydrogen) atoms. The molecule has 0 spiro atoms. The Morgan fingerprint density at radius 1 is 1.11 bits per heavy atom. The molecule has 3 aliphatic rings. The van der Waals surface area contributed by atoms with Crippen LogP contribution in [0.3, 0.4) is 0 Å². The highest BCUT2D eigenvalue weighted by Crippen LogP contribution is 2.52. The predicted molar refractivity (Wildman–Crippen MR) is 172 cm³/mol. The molecule has 1 amide bonds. The minimum Gasteiger partial charge on any atom is -0.446 e. The van der Waals surface area contributed by atoms with E-state index in [-0.39, 0.29) is 40.9 Å². The number of halogens is 3. The van der Waals surface area contributed by atoms with Gasteiger partial charge in [0.25, 0.3) is 0 Å². The number of nitrogens with one attached hydrogen (secondary N) is 1. The Hall–Kier alpha value is -4.04. The molecule has 250 valence electrons. The summed E-state index contributed by atoms with van der Waals surface area (Å²) in [5, 5.41) is 11.6. The van der Waals surface area contributed by atoms with Crippen LogP contribution in [0.15, 0.2) is 48.8 Å². The number of rotatable bonds is 10. The van der Waals surface area contributed by atoms with Crippen molar-refractivity contribution in [3.05, 3.63) is 83.2 Å². The van der Waals surface area contributed by atoms with E-state index in [4.69, 9.17) is 10.00 Å². The van der Waals surface area contributed by atoms with E-state index in [1.807, 2.05) is 18.5 Å². The molecule has 1 saturated carbocycles. The molecule has 3 fully saturated rings. The minimum atomic E-state index is -0.704. The highest BCUT2D eigenvalue weighted by molar-refractivity contribution is 5.67. The third kappa shape index (κ3) is 6.57. The van der Waals surface area contributed by atoms with Gasteiger partial charge < -0.3 is 24.4 Å². The Bertz CT molecular complexity index is 1590. The first-order valence-electron chi connectivity index (χ1n) is 16.8. The predicted octanol–water partition coefficient (Wildman–Crippen LogP) is 6.05. The van der Waals surface area contributed by atoms with Crippen molar-refractivity contribution in [1.29, 1.82) is 5.26 Å². The van der Waals surface area contributed by atoms with Crippen LogP contribution in [0.2, 0.25) is 0 Å². The van der Waals surface area contributed by atoms with Gasteiger partial charge in [-0.25, -0.2) is 22.9 Å². The van der Waals surface area contributed by atoms with E-state index >= 15 is 4.39 Å². The second kappa shape index (κ2) is 14.0. The van der Waals surface area contributed by atoms with E-state index in [1.54, 1.807) is 30.1 Å². The van der Waals surface area contributed by atoms with Crippen LogP contribution < -0.4 is 10.2 Å². The molecular weight excluding hydrogens is 605 g/mol. The smallest absolute Gasteiger partial charge is 0.407 e. The maximum Gasteiger partial charge on any atom is 0.407 e. The number of alkyl carbamates (subject to hydrolysis) is 1. The summed E-state index contributed by atoms with van der Waals surface area (Å²) in [5.74, 6) is -0.277. The summed E-state index contributed by atoms with van der Waals surface area (Å²) >= 11 is 0. The standard InChI is InChI=1S/C36H43F3N6O2/c1-3-33-42-12-15-44(33)23-36(27-6-4-7-28(37)18-27,29-8-5-9-32(29)47-35(46)41-2)26-10-13-43(14-11-26)20-25-21-45(22-25)34-30(38)16-24(19-40)17-31(34)39/h4,6-7,12,15-18,25-26,29,32H,3,5,8-11,13-14,20-23H2,1-2H3,(H,41,46)/t29-,32-,36-/m0/s1. The summed E-state index contributed by atoms with van der Waals surface area (Å²) in [6.45, 7) is 6.30. The van der Waals surface area contributed by atoms with Crippen molar-refractivity contribution in [1.82, 2.24) is 19.8 Å². The van der Waals surface area contributed by atoms with Crippen LogP contribution in [0.5, 0.6) is 0 Å². The topological polar surface area (TPSA) is 86.4 Å². The first-order chi connectivity index (χ1) is 22.7. The number of hydrogen-bond donors (Lipinski definition) is 1. The number of nitriles is 1. The average Bonchev–Trinajstić information content (AvgIpc) is 3.71. The van der Waals surface area contributed by atoms with Gasteiger partial charge in [0, 0.05) is 69.3 Å². The molecule has 2 aromatic carbocycles. The fourth-order valence-electron chi connectivity index (χ4n) is 8.60. The number of ether oxygens (including phenoxy) is 1. The van der Waals surface area contributed by atoms with Crippen LogP contribution in [0.4, 0.5) is 23.7 Å². The van der Waals surface area contributed by atoms with Gasteiger partial charge in [-0.2, -0.15) is 5.26 Å². The van der Waals surface area contributed by atoms with Crippen LogP contribution >= 0.6 is 0 Å². The molecule has 6 rings (SSSR count). The molecule has 1 aromatic heterocycles. The fraction of sp³-hybridized carbons (Fsp3) is 0.528. The number of imidazole rings is 1. The van der Waals surface area contributed by atoms with Gasteiger partial charge in [-0.05, 0) is 80.9 Å². The number of amides is 1. The molecule has 0 unspecified atom stereocenters. The number of carbonyl (C=O) groups excluding carboxylic acids is 1. The van der Waals surface area contributed by atoms with Gasteiger partial charge in [-0.1, -0.05) is 19.1 Å². The molecule has 3 atom stereocenters. The highest BCUT2D eigenvalue weighted by atomic mass is 19.1. The number of likely N-dealkylation sites (tertiary alicyclic amines) is 1. The second-order valence-corrected chi connectivity index (χ2v) is 13.4. The van der Waals surface area contributed by atoms with E-state index in [0.717, 1.165) is 81.7 Å². The Labute approximate surface area is 274 Å². The SMILES string of the molecule is CCc1nccn1C[C@@](c1cccc(F)c1)(C1CCN(CC2CN(c3c(F)cc(C#N)cc3F)C2)CC1)[C@H]1CCC[C@@H]1OC(=O)NC. The number of aromatic nitrogens is 2. The summed E-state index contributed by atoms with van der Waals surface area (Å²) < 4.78 is 52.5. The lowest BCUT2D eigenvalue weighted by molar-refractivity contribution is 0.00160. The van der Waals surface area contributed by atoms with Crippen LogP contribution in [0, 0.1) is 46.5 Å². The Morgan fingerprint density at radius 3 is 2.51 bits per heavy atom. The van der Waals surface area contributed by atoms with Crippen LogP contribution in [0.1, 0.15) is 56.0 Å². The van der Waals surface area contributed by atoms with Crippen molar-refractivity contribution in [2.24, 2.45) is 17.8 Å². The molecule has 2 aliphatic heterocycles. The van der Waals surface area contributed by atoms with Crippen molar-refractivity contribution in [2.75, 3.05) is 44.7 Å². The highest BCUT2D eigenvalue weighted by Gasteiger charge is 2.53. The first-order valence-corrected chi connectivity index (χ1v) is 16.8. The summed E-state index contributed by atoms with van der Waals surface area (Å²) in [4.78, 5) is 21.3. The number of benzene rings is 2. The largest absolute Gasteiger partial charge is 0.446 e. The molecule has 1 N–H and O–H groups in total. The van der Waals surface area contributed by atoms with Gasteiger partial charge in [0.2, 0.25) is 0 Å². The molecule has 0 bridgehead atoms. The molecule has 3 heterocycles. The summed E-state index contributed by atoms with van der Waals surface area (Å²) in [6, 6.07) is 11.0. The fourth-order valence-corrected chi connectivity index (χ4v) is 8.60. The second-order valence-electron chi connectivity index (χ2n) is 13.4. The van der Waals surface area contributed by atoms with Crippen LogP contribution in [-0.4, -0.2) is 66.4 Å². The number of nitrogens with zero attached hydrogens (tertiary/aromatic N) is 5. The Balaban J connectivity index is 1.23. The van der Waals surface area contributed by atoms with Crippen LogP contribution in [-0.2, 0) is 23.1 Å². The van der Waals surface area contributed by atoms with E-state index < -0.39 is 23.1 Å². The van der Waals surface area contributed by atoms with Gasteiger partial charge >= 0.3 is 6.09 Å². The summed E-state index contributed by atoms with van der Waals surface area (Å²) in [6.07, 6.45) is 8.16. The minimum absolute atomic E-state index is 0.0114. The number of hydrogen-bond acceptors (Lipinski definition) is 6. The van der Waals surface area contributed by atoms with Crippen molar-refractivity contribution < 1.29 is 22.7 Å². The van der Waals surface area contributed by atoms with E-state index in [0.29, 0.717) is 19.6 Å².